The topological polar surface area (TPSA) is 29.1 Å². The van der Waals surface area contributed by atoms with Crippen molar-refractivity contribution in [3.05, 3.63) is 34.1 Å². The summed E-state index contributed by atoms with van der Waals surface area (Å²) >= 11 is 9.21. The highest BCUT2D eigenvalue weighted by Gasteiger charge is 2.23. The van der Waals surface area contributed by atoms with Crippen LogP contribution in [0.3, 0.4) is 0 Å². The lowest BCUT2D eigenvalue weighted by molar-refractivity contribution is 0.0946. The number of carbonyl (C=O) groups is 1. The number of benzene rings is 1. The van der Waals surface area contributed by atoms with Gasteiger partial charge in [-0.25, -0.2) is 4.39 Å². The van der Waals surface area contributed by atoms with Crippen LogP contribution < -0.4 is 5.32 Å². The Bertz CT molecular complexity index is 455. The van der Waals surface area contributed by atoms with Crippen LogP contribution >= 0.6 is 27.5 Å². The van der Waals surface area contributed by atoms with Crippen LogP contribution in [-0.4, -0.2) is 17.8 Å². The van der Waals surface area contributed by atoms with Crippen molar-refractivity contribution in [2.75, 3.05) is 6.54 Å². The van der Waals surface area contributed by atoms with Crippen LogP contribution in [0, 0.1) is 11.7 Å². The highest BCUT2D eigenvalue weighted by atomic mass is 79.9. The van der Waals surface area contributed by atoms with E-state index in [1.807, 2.05) is 0 Å². The maximum Gasteiger partial charge on any atom is 0.252 e. The molecule has 0 radical (unpaired) electrons. The molecule has 2 atom stereocenters. The summed E-state index contributed by atoms with van der Waals surface area (Å²) < 4.78 is 13.4. The van der Waals surface area contributed by atoms with Crippen LogP contribution in [-0.2, 0) is 0 Å². The van der Waals surface area contributed by atoms with Crippen molar-refractivity contribution in [2.45, 2.75) is 24.6 Å². The first-order valence-corrected chi connectivity index (χ1v) is 7.16. The number of rotatable bonds is 3. The second-order valence-electron chi connectivity index (χ2n) is 4.61. The van der Waals surface area contributed by atoms with E-state index in [0.29, 0.717) is 22.5 Å². The lowest BCUT2D eigenvalue weighted by Crippen LogP contribution is -2.28. The zero-order valence-electron chi connectivity index (χ0n) is 9.76. The zero-order chi connectivity index (χ0) is 13.1. The van der Waals surface area contributed by atoms with E-state index in [1.165, 1.54) is 18.2 Å². The van der Waals surface area contributed by atoms with Gasteiger partial charge in [-0.1, -0.05) is 0 Å². The van der Waals surface area contributed by atoms with Crippen molar-refractivity contribution in [3.63, 3.8) is 0 Å². The van der Waals surface area contributed by atoms with Gasteiger partial charge < -0.3 is 5.32 Å². The second kappa shape index (κ2) is 6.02. The lowest BCUT2D eigenvalue weighted by Gasteiger charge is -2.11. The van der Waals surface area contributed by atoms with E-state index in [9.17, 15) is 9.18 Å². The van der Waals surface area contributed by atoms with Gasteiger partial charge in [0.15, 0.2) is 0 Å². The maximum absolute atomic E-state index is 12.9. The van der Waals surface area contributed by atoms with Gasteiger partial charge in [0, 0.05) is 16.4 Å². The van der Waals surface area contributed by atoms with Crippen LogP contribution in [0.5, 0.6) is 0 Å². The molecule has 18 heavy (non-hydrogen) atoms. The molecular weight excluding hydrogens is 321 g/mol. The van der Waals surface area contributed by atoms with Gasteiger partial charge in [0.2, 0.25) is 0 Å². The Hall–Kier alpha value is -0.610. The predicted octanol–water partition coefficient (Wildman–Crippen LogP) is 3.73. The van der Waals surface area contributed by atoms with Crippen molar-refractivity contribution >= 4 is 33.4 Å². The smallest absolute Gasteiger partial charge is 0.252 e. The highest BCUT2D eigenvalue weighted by Crippen LogP contribution is 2.28. The summed E-state index contributed by atoms with van der Waals surface area (Å²) in [6, 6.07) is 4.05. The molecule has 0 bridgehead atoms. The van der Waals surface area contributed by atoms with Gasteiger partial charge in [-0.3, -0.25) is 4.79 Å². The molecule has 1 aromatic carbocycles. The minimum atomic E-state index is -0.362. The molecule has 2 nitrogen and oxygen atoms in total. The molecule has 1 aromatic rings. The Kier molecular flexibility index (Phi) is 4.62. The summed E-state index contributed by atoms with van der Waals surface area (Å²) in [5, 5.41) is 3.11. The van der Waals surface area contributed by atoms with Gasteiger partial charge in [-0.15, -0.1) is 11.6 Å². The number of amides is 1. The van der Waals surface area contributed by atoms with Crippen molar-refractivity contribution in [1.82, 2.24) is 5.32 Å². The number of halogens is 3. The molecule has 1 aliphatic carbocycles. The molecule has 0 aromatic heterocycles. The van der Waals surface area contributed by atoms with Gasteiger partial charge >= 0.3 is 0 Å². The summed E-state index contributed by atoms with van der Waals surface area (Å²) in [6.07, 6.45) is 3.02. The molecule has 1 amide bonds. The van der Waals surface area contributed by atoms with Crippen LogP contribution in [0.1, 0.15) is 29.6 Å². The maximum atomic E-state index is 12.9. The molecule has 0 spiro atoms. The van der Waals surface area contributed by atoms with Crippen LogP contribution in [0.2, 0.25) is 0 Å². The Morgan fingerprint density at radius 2 is 2.28 bits per heavy atom. The van der Waals surface area contributed by atoms with E-state index >= 15 is 0 Å². The molecular formula is C13H14BrClFNO. The average molecular weight is 335 g/mol. The van der Waals surface area contributed by atoms with Gasteiger partial charge in [0.1, 0.15) is 5.82 Å². The first-order chi connectivity index (χ1) is 8.56. The van der Waals surface area contributed by atoms with Crippen molar-refractivity contribution < 1.29 is 9.18 Å². The van der Waals surface area contributed by atoms with Crippen molar-refractivity contribution in [2.24, 2.45) is 5.92 Å². The number of alkyl halides is 1. The van der Waals surface area contributed by atoms with Crippen LogP contribution in [0.25, 0.3) is 0 Å². The summed E-state index contributed by atoms with van der Waals surface area (Å²) in [7, 11) is 0. The first kappa shape index (κ1) is 13.8. The Labute approximate surface area is 119 Å². The minimum absolute atomic E-state index is 0.181. The SMILES string of the molecule is O=C(NCC1CCC(Cl)C1)c1ccc(F)cc1Br. The number of hydrogen-bond acceptors (Lipinski definition) is 1. The second-order valence-corrected chi connectivity index (χ2v) is 6.08. The van der Waals surface area contributed by atoms with Gasteiger partial charge in [0.25, 0.3) is 5.91 Å². The average Bonchev–Trinajstić information content (AvgIpc) is 2.72. The molecule has 1 saturated carbocycles. The Morgan fingerprint density at radius 3 is 2.89 bits per heavy atom. The summed E-state index contributed by atoms with van der Waals surface area (Å²) in [6.45, 7) is 0.631. The third-order valence-corrected chi connectivity index (χ3v) is 4.26. The predicted molar refractivity (Wildman–Crippen MR) is 73.4 cm³/mol. The van der Waals surface area contributed by atoms with E-state index < -0.39 is 0 Å². The van der Waals surface area contributed by atoms with E-state index in [0.717, 1.165) is 19.3 Å². The molecule has 2 rings (SSSR count). The molecule has 2 unspecified atom stereocenters. The molecule has 0 aliphatic heterocycles. The molecule has 0 saturated heterocycles. The van der Waals surface area contributed by atoms with E-state index in [1.54, 1.807) is 0 Å². The first-order valence-electron chi connectivity index (χ1n) is 5.93. The summed E-state index contributed by atoms with van der Waals surface area (Å²) in [4.78, 5) is 11.9. The fourth-order valence-electron chi connectivity index (χ4n) is 2.21. The largest absolute Gasteiger partial charge is 0.352 e. The number of carbonyl (C=O) groups excluding carboxylic acids is 1. The monoisotopic (exact) mass is 333 g/mol. The third kappa shape index (κ3) is 3.45. The van der Waals surface area contributed by atoms with E-state index in [2.05, 4.69) is 21.2 Å². The minimum Gasteiger partial charge on any atom is -0.352 e. The van der Waals surface area contributed by atoms with Gasteiger partial charge in [-0.2, -0.15) is 0 Å². The van der Waals surface area contributed by atoms with Crippen molar-refractivity contribution in [1.29, 1.82) is 0 Å². The molecule has 98 valence electrons. The van der Waals surface area contributed by atoms with E-state index in [-0.39, 0.29) is 17.1 Å². The van der Waals surface area contributed by atoms with E-state index in [4.69, 9.17) is 11.6 Å². The van der Waals surface area contributed by atoms with Crippen LogP contribution in [0.4, 0.5) is 4.39 Å². The van der Waals surface area contributed by atoms with Gasteiger partial charge in [0.05, 0.1) is 5.56 Å². The Balaban J connectivity index is 1.91. The standard InChI is InChI=1S/C13H14BrClFNO/c14-12-6-10(16)3-4-11(12)13(18)17-7-8-1-2-9(15)5-8/h3-4,6,8-9H,1-2,5,7H2,(H,17,18). The summed E-state index contributed by atoms with van der Waals surface area (Å²) in [5.74, 6) is -0.0882. The van der Waals surface area contributed by atoms with Crippen LogP contribution in [0.15, 0.2) is 22.7 Å². The quantitative estimate of drug-likeness (QED) is 0.839. The molecule has 5 heteroatoms. The molecule has 1 aliphatic rings. The fraction of sp³-hybridized carbons (Fsp3) is 0.462. The van der Waals surface area contributed by atoms with Crippen molar-refractivity contribution in [3.8, 4) is 0 Å². The van der Waals surface area contributed by atoms with Gasteiger partial charge in [-0.05, 0) is 59.3 Å². The molecule has 1 N–H and O–H groups in total. The molecule has 0 heterocycles. The highest BCUT2D eigenvalue weighted by molar-refractivity contribution is 9.10. The number of nitrogens with one attached hydrogen (secondary N) is 1. The Morgan fingerprint density at radius 1 is 1.50 bits per heavy atom. The summed E-state index contributed by atoms with van der Waals surface area (Å²) in [5.41, 5.74) is 0.455. The number of hydrogen-bond donors (Lipinski definition) is 1. The zero-order valence-corrected chi connectivity index (χ0v) is 12.1. The lowest BCUT2D eigenvalue weighted by atomic mass is 10.1. The molecule has 1 fully saturated rings. The fourth-order valence-corrected chi connectivity index (χ4v) is 3.11. The third-order valence-electron chi connectivity index (χ3n) is 3.20. The normalized spacial score (nSPS) is 23.1.